The summed E-state index contributed by atoms with van der Waals surface area (Å²) < 4.78 is 25.9. The lowest BCUT2D eigenvalue weighted by Crippen LogP contribution is -2.34. The second-order valence-corrected chi connectivity index (χ2v) is 13.3. The number of hydrogen-bond acceptors (Lipinski definition) is 10. The predicted molar refractivity (Wildman–Crippen MR) is 193 cm³/mol. The van der Waals surface area contributed by atoms with E-state index < -0.39 is 24.0 Å². The van der Waals surface area contributed by atoms with Crippen LogP contribution in [0.2, 0.25) is 0 Å². The quantitative estimate of drug-likeness (QED) is 0.0298. The minimum atomic E-state index is -1.26. The van der Waals surface area contributed by atoms with E-state index in [1.54, 1.807) is 6.92 Å². The molecule has 0 saturated heterocycles. The molecule has 1 unspecified atom stereocenters. The molecule has 1 aliphatic rings. The third-order valence-corrected chi connectivity index (χ3v) is 9.12. The summed E-state index contributed by atoms with van der Waals surface area (Å²) in [5.74, 6) is -2.37. The Hall–Kier alpha value is -3.17. The van der Waals surface area contributed by atoms with Gasteiger partial charge in [0.25, 0.3) is 0 Å². The number of ether oxygens (including phenoxy) is 5. The summed E-state index contributed by atoms with van der Waals surface area (Å²) in [6.45, 7) is 5.00. The van der Waals surface area contributed by atoms with Crippen LogP contribution in [0, 0.1) is 0 Å². The molecule has 0 amide bonds. The maximum atomic E-state index is 12.7. The summed E-state index contributed by atoms with van der Waals surface area (Å²) in [5, 5.41) is 0. The average molecular weight is 707 g/mol. The van der Waals surface area contributed by atoms with Crippen molar-refractivity contribution in [1.29, 1.82) is 0 Å². The lowest BCUT2D eigenvalue weighted by atomic mass is 9.89. The third-order valence-electron chi connectivity index (χ3n) is 9.12. The number of carbonyl (C=O) groups excluding carboxylic acids is 5. The molecule has 1 rings (SSSR count). The van der Waals surface area contributed by atoms with Crippen LogP contribution in [0.3, 0.4) is 0 Å². The predicted octanol–water partition coefficient (Wildman–Crippen LogP) is 8.97. The average Bonchev–Trinajstić information content (AvgIpc) is 3.09. The largest absolute Gasteiger partial charge is 0.489 e. The molecule has 0 aromatic heterocycles. The highest BCUT2D eigenvalue weighted by atomic mass is 16.6. The molecule has 0 bridgehead atoms. The highest BCUT2D eigenvalue weighted by molar-refractivity contribution is 6.23. The van der Waals surface area contributed by atoms with E-state index in [2.05, 4.69) is 6.92 Å². The summed E-state index contributed by atoms with van der Waals surface area (Å²) >= 11 is 0. The van der Waals surface area contributed by atoms with Crippen LogP contribution < -0.4 is 0 Å². The molecule has 1 atom stereocenters. The van der Waals surface area contributed by atoms with Gasteiger partial charge in [0.05, 0.1) is 20.8 Å². The minimum absolute atomic E-state index is 0.0232. The number of methoxy groups -OCH3 is 2. The van der Waals surface area contributed by atoms with Crippen molar-refractivity contribution in [3.63, 3.8) is 0 Å². The van der Waals surface area contributed by atoms with E-state index >= 15 is 0 Å². The summed E-state index contributed by atoms with van der Waals surface area (Å²) in [6.07, 6.45) is 22.6. The molecule has 0 aliphatic heterocycles. The fourth-order valence-electron chi connectivity index (χ4n) is 6.07. The van der Waals surface area contributed by atoms with Crippen LogP contribution in [0.1, 0.15) is 168 Å². The molecule has 0 N–H and O–H groups in total. The monoisotopic (exact) mass is 706 g/mol. The molecule has 10 nitrogen and oxygen atoms in total. The van der Waals surface area contributed by atoms with E-state index in [4.69, 9.17) is 23.7 Å². The van der Waals surface area contributed by atoms with Crippen molar-refractivity contribution in [2.75, 3.05) is 27.4 Å². The molecular formula is C40H66O10. The second kappa shape index (κ2) is 28.5. The van der Waals surface area contributed by atoms with Gasteiger partial charge < -0.3 is 23.7 Å². The van der Waals surface area contributed by atoms with Crippen molar-refractivity contribution in [2.45, 2.75) is 175 Å². The standard InChI is InChI=1S/C40H66O10/c1-6-7-8-9-10-11-12-13-14-15-19-22-25-28-35(42)50-34(30-49-32(3)41)40(45)48-29-26-23-20-17-16-18-21-24-27-33-31(2)36(43)38(46-4)39(47-5)37(33)44/h34H,6-30H2,1-5H3. The highest BCUT2D eigenvalue weighted by Gasteiger charge is 2.34. The Balaban J connectivity index is 2.17. The molecule has 10 heteroatoms. The van der Waals surface area contributed by atoms with Gasteiger partial charge in [0.2, 0.25) is 29.2 Å². The highest BCUT2D eigenvalue weighted by Crippen LogP contribution is 2.29. The van der Waals surface area contributed by atoms with Gasteiger partial charge >= 0.3 is 17.9 Å². The SMILES string of the molecule is CCCCCCCCCCCCCCCC(=O)OC(COC(C)=O)C(=O)OCCCCCCCCCCC1=C(C)C(=O)C(OC)=C(OC)C1=O. The van der Waals surface area contributed by atoms with E-state index in [0.29, 0.717) is 30.4 Å². The number of Topliss-reactive ketones (excluding diaryl/α,β-unsaturated/α-hetero) is 2. The van der Waals surface area contributed by atoms with Crippen molar-refractivity contribution in [3.05, 3.63) is 22.7 Å². The molecule has 0 spiro atoms. The topological polar surface area (TPSA) is 132 Å². The number of carbonyl (C=O) groups is 5. The van der Waals surface area contributed by atoms with Crippen LogP contribution in [0.25, 0.3) is 0 Å². The normalized spacial score (nSPS) is 13.8. The molecule has 0 radical (unpaired) electrons. The van der Waals surface area contributed by atoms with Crippen molar-refractivity contribution in [1.82, 2.24) is 0 Å². The van der Waals surface area contributed by atoms with E-state index in [1.807, 2.05) is 0 Å². The van der Waals surface area contributed by atoms with Crippen molar-refractivity contribution in [3.8, 4) is 0 Å². The fourth-order valence-corrected chi connectivity index (χ4v) is 6.07. The zero-order chi connectivity index (χ0) is 37.0. The van der Waals surface area contributed by atoms with Gasteiger partial charge in [-0.05, 0) is 32.6 Å². The first-order valence-corrected chi connectivity index (χ1v) is 19.3. The van der Waals surface area contributed by atoms with Crippen LogP contribution in [0.5, 0.6) is 0 Å². The Bertz CT molecular complexity index is 1090. The number of unbranched alkanes of at least 4 members (excludes halogenated alkanes) is 19. The number of hydrogen-bond donors (Lipinski definition) is 0. The number of esters is 3. The minimum Gasteiger partial charge on any atom is -0.489 e. The summed E-state index contributed by atoms with van der Waals surface area (Å²) in [6, 6.07) is 0. The lowest BCUT2D eigenvalue weighted by molar-refractivity contribution is -0.174. The number of ketones is 2. The lowest BCUT2D eigenvalue weighted by Gasteiger charge is -2.20. The van der Waals surface area contributed by atoms with Crippen LogP contribution in [0.15, 0.2) is 22.7 Å². The Labute approximate surface area is 301 Å². The van der Waals surface area contributed by atoms with Crippen molar-refractivity contribution in [2.24, 2.45) is 0 Å². The Kier molecular flexibility index (Phi) is 25.6. The number of allylic oxidation sites excluding steroid dienone is 2. The smallest absolute Gasteiger partial charge is 0.351 e. The molecule has 50 heavy (non-hydrogen) atoms. The van der Waals surface area contributed by atoms with Gasteiger partial charge in [-0.25, -0.2) is 4.79 Å². The van der Waals surface area contributed by atoms with Gasteiger partial charge in [0.15, 0.2) is 0 Å². The van der Waals surface area contributed by atoms with Crippen LogP contribution in [0.4, 0.5) is 0 Å². The summed E-state index contributed by atoms with van der Waals surface area (Å²) in [4.78, 5) is 61.6. The second-order valence-electron chi connectivity index (χ2n) is 13.3. The van der Waals surface area contributed by atoms with Crippen LogP contribution in [-0.4, -0.2) is 63.0 Å². The fraction of sp³-hybridized carbons (Fsp3) is 0.775. The Morgan fingerprint density at radius 3 is 1.56 bits per heavy atom. The molecule has 0 heterocycles. The van der Waals surface area contributed by atoms with Gasteiger partial charge in [-0.3, -0.25) is 19.2 Å². The van der Waals surface area contributed by atoms with Gasteiger partial charge in [-0.2, -0.15) is 0 Å². The summed E-state index contributed by atoms with van der Waals surface area (Å²) in [5.41, 5.74) is 0.927. The van der Waals surface area contributed by atoms with E-state index in [9.17, 15) is 24.0 Å². The van der Waals surface area contributed by atoms with E-state index in [-0.39, 0.29) is 42.7 Å². The first kappa shape index (κ1) is 44.9. The maximum absolute atomic E-state index is 12.7. The first-order chi connectivity index (χ1) is 24.2. The molecule has 1 aliphatic carbocycles. The van der Waals surface area contributed by atoms with Crippen LogP contribution >= 0.6 is 0 Å². The maximum Gasteiger partial charge on any atom is 0.351 e. The molecular weight excluding hydrogens is 640 g/mol. The van der Waals surface area contributed by atoms with Crippen molar-refractivity contribution < 1.29 is 47.7 Å². The summed E-state index contributed by atoms with van der Waals surface area (Å²) in [7, 11) is 2.72. The Morgan fingerprint density at radius 1 is 0.600 bits per heavy atom. The zero-order valence-corrected chi connectivity index (χ0v) is 31.8. The molecule has 0 saturated carbocycles. The third kappa shape index (κ3) is 19.3. The van der Waals surface area contributed by atoms with E-state index in [1.165, 1.54) is 85.4 Å². The van der Waals surface area contributed by atoms with Gasteiger partial charge in [-0.15, -0.1) is 0 Å². The number of rotatable bonds is 31. The van der Waals surface area contributed by atoms with E-state index in [0.717, 1.165) is 57.8 Å². The molecule has 0 aromatic rings. The van der Waals surface area contributed by atoms with Gasteiger partial charge in [0.1, 0.15) is 6.61 Å². The van der Waals surface area contributed by atoms with Gasteiger partial charge in [0, 0.05) is 24.5 Å². The van der Waals surface area contributed by atoms with Crippen molar-refractivity contribution >= 4 is 29.5 Å². The zero-order valence-electron chi connectivity index (χ0n) is 31.8. The molecule has 286 valence electrons. The van der Waals surface area contributed by atoms with Gasteiger partial charge in [-0.1, -0.05) is 122 Å². The first-order valence-electron chi connectivity index (χ1n) is 19.3. The Morgan fingerprint density at radius 2 is 1.06 bits per heavy atom. The molecule has 0 fully saturated rings. The van der Waals surface area contributed by atoms with Crippen LogP contribution in [-0.2, 0) is 47.7 Å². The molecule has 0 aromatic carbocycles.